The van der Waals surface area contributed by atoms with Gasteiger partial charge in [0.2, 0.25) is 0 Å². The molecule has 0 aromatic heterocycles. The molecule has 1 aromatic carbocycles. The van der Waals surface area contributed by atoms with Crippen LogP contribution in [-0.4, -0.2) is 13.2 Å². The molecule has 114 valence electrons. The third-order valence-corrected chi connectivity index (χ3v) is 6.02. The van der Waals surface area contributed by atoms with Crippen molar-refractivity contribution in [2.75, 3.05) is 13.2 Å². The maximum absolute atomic E-state index is 13.1. The molecule has 0 saturated carbocycles. The van der Waals surface area contributed by atoms with Gasteiger partial charge in [-0.15, -0.1) is 0 Å². The number of benzene rings is 1. The quantitative estimate of drug-likeness (QED) is 0.570. The van der Waals surface area contributed by atoms with Crippen LogP contribution in [0.15, 0.2) is 30.3 Å². The van der Waals surface area contributed by atoms with Gasteiger partial charge in [0, 0.05) is 0 Å². The lowest BCUT2D eigenvalue weighted by molar-refractivity contribution is 0.208. The van der Waals surface area contributed by atoms with E-state index in [1.54, 1.807) is 0 Å². The smallest absolute Gasteiger partial charge is 0.308 e. The second-order valence-corrected chi connectivity index (χ2v) is 7.27. The van der Waals surface area contributed by atoms with Crippen molar-refractivity contribution in [1.82, 2.24) is 0 Å². The van der Waals surface area contributed by atoms with Crippen LogP contribution in [0.1, 0.15) is 51.8 Å². The van der Waals surface area contributed by atoms with Gasteiger partial charge in [-0.05, 0) is 31.7 Å². The van der Waals surface area contributed by atoms with Crippen LogP contribution in [0, 0.1) is 5.92 Å². The lowest BCUT2D eigenvalue weighted by atomic mass is 9.98. The van der Waals surface area contributed by atoms with Gasteiger partial charge in [-0.1, -0.05) is 50.6 Å². The Morgan fingerprint density at radius 3 is 2.05 bits per heavy atom. The standard InChI is InChI=1S/C16H27O3P/c1-5-14(4)13-16(15-11-9-8-10-12-15)20(17,18-6-2)19-7-3/h8-12,14,16H,5-7,13H2,1-4H3. The SMILES string of the molecule is CCOP(=O)(OCC)C(CC(C)CC)c1ccccc1. The van der Waals surface area contributed by atoms with Crippen molar-refractivity contribution in [3.8, 4) is 0 Å². The molecule has 0 radical (unpaired) electrons. The Labute approximate surface area is 123 Å². The second-order valence-electron chi connectivity index (χ2n) is 5.05. The molecule has 4 heteroatoms. The zero-order chi connectivity index (χ0) is 15.0. The van der Waals surface area contributed by atoms with E-state index in [2.05, 4.69) is 13.8 Å². The van der Waals surface area contributed by atoms with Gasteiger partial charge in [0.05, 0.1) is 18.9 Å². The van der Waals surface area contributed by atoms with Crippen molar-refractivity contribution >= 4 is 7.60 Å². The second kappa shape index (κ2) is 8.61. The predicted octanol–water partition coefficient (Wildman–Crippen LogP) is 5.43. The molecule has 1 rings (SSSR count). The Bertz CT molecular complexity index is 409. The largest absolute Gasteiger partial charge is 0.338 e. The van der Waals surface area contributed by atoms with Gasteiger partial charge < -0.3 is 9.05 Å². The van der Waals surface area contributed by atoms with E-state index in [9.17, 15) is 4.57 Å². The molecule has 0 aliphatic heterocycles. The van der Waals surface area contributed by atoms with E-state index >= 15 is 0 Å². The van der Waals surface area contributed by atoms with Crippen molar-refractivity contribution in [2.45, 2.75) is 46.2 Å². The first kappa shape index (κ1) is 17.4. The lowest BCUT2D eigenvalue weighted by Gasteiger charge is -2.28. The molecular weight excluding hydrogens is 271 g/mol. The van der Waals surface area contributed by atoms with Gasteiger partial charge in [-0.25, -0.2) is 0 Å². The third-order valence-electron chi connectivity index (χ3n) is 3.51. The summed E-state index contributed by atoms with van der Waals surface area (Å²) in [7, 11) is -3.12. The summed E-state index contributed by atoms with van der Waals surface area (Å²) >= 11 is 0. The average molecular weight is 298 g/mol. The molecule has 0 bridgehead atoms. The fourth-order valence-electron chi connectivity index (χ4n) is 2.25. The predicted molar refractivity (Wildman–Crippen MR) is 84.1 cm³/mol. The summed E-state index contributed by atoms with van der Waals surface area (Å²) in [5, 5.41) is 0. The molecule has 2 atom stereocenters. The van der Waals surface area contributed by atoms with Gasteiger partial charge in [-0.3, -0.25) is 4.57 Å². The van der Waals surface area contributed by atoms with Gasteiger partial charge in [0.1, 0.15) is 0 Å². The number of rotatable bonds is 9. The summed E-state index contributed by atoms with van der Waals surface area (Å²) in [6.45, 7) is 8.85. The summed E-state index contributed by atoms with van der Waals surface area (Å²) < 4.78 is 24.3. The maximum Gasteiger partial charge on any atom is 0.338 e. The summed E-state index contributed by atoms with van der Waals surface area (Å²) in [5.74, 6) is 0.481. The molecule has 0 fully saturated rings. The van der Waals surface area contributed by atoms with Crippen molar-refractivity contribution < 1.29 is 13.6 Å². The van der Waals surface area contributed by atoms with E-state index in [1.807, 2.05) is 44.2 Å². The van der Waals surface area contributed by atoms with E-state index in [1.165, 1.54) is 0 Å². The van der Waals surface area contributed by atoms with Crippen molar-refractivity contribution in [1.29, 1.82) is 0 Å². The molecule has 1 aromatic rings. The average Bonchev–Trinajstić information content (AvgIpc) is 2.45. The van der Waals surface area contributed by atoms with E-state index in [-0.39, 0.29) is 5.66 Å². The minimum Gasteiger partial charge on any atom is -0.308 e. The molecule has 0 aliphatic rings. The summed E-state index contributed by atoms with van der Waals surface area (Å²) in [6.07, 6.45) is 1.87. The topological polar surface area (TPSA) is 35.5 Å². The van der Waals surface area contributed by atoms with Crippen LogP contribution in [0.3, 0.4) is 0 Å². The molecule has 3 nitrogen and oxygen atoms in total. The highest BCUT2D eigenvalue weighted by molar-refractivity contribution is 7.54. The molecular formula is C16H27O3P. The third kappa shape index (κ3) is 4.73. The normalized spacial score (nSPS) is 15.0. The minimum atomic E-state index is -3.12. The summed E-state index contributed by atoms with van der Waals surface area (Å²) in [6, 6.07) is 9.94. The van der Waals surface area contributed by atoms with Crippen molar-refractivity contribution in [3.63, 3.8) is 0 Å². The zero-order valence-corrected chi connectivity index (χ0v) is 13.9. The van der Waals surface area contributed by atoms with Crippen LogP contribution in [0.4, 0.5) is 0 Å². The Morgan fingerprint density at radius 1 is 1.05 bits per heavy atom. The van der Waals surface area contributed by atoms with Gasteiger partial charge in [0.25, 0.3) is 0 Å². The summed E-state index contributed by atoms with van der Waals surface area (Å²) in [5.41, 5.74) is 0.858. The molecule has 0 saturated heterocycles. The summed E-state index contributed by atoms with van der Waals surface area (Å²) in [4.78, 5) is 0. The lowest BCUT2D eigenvalue weighted by Crippen LogP contribution is -2.10. The molecule has 0 amide bonds. The molecule has 0 N–H and O–H groups in total. The first-order chi connectivity index (χ1) is 9.57. The zero-order valence-electron chi connectivity index (χ0n) is 13.0. The highest BCUT2D eigenvalue weighted by atomic mass is 31.2. The Hall–Kier alpha value is -0.630. The van der Waals surface area contributed by atoms with Gasteiger partial charge in [-0.2, -0.15) is 0 Å². The monoisotopic (exact) mass is 298 g/mol. The van der Waals surface area contributed by atoms with E-state index in [0.717, 1.165) is 18.4 Å². The van der Waals surface area contributed by atoms with Crippen LogP contribution in [-0.2, 0) is 13.6 Å². The van der Waals surface area contributed by atoms with E-state index in [0.29, 0.717) is 19.1 Å². The van der Waals surface area contributed by atoms with Crippen LogP contribution in [0.25, 0.3) is 0 Å². The van der Waals surface area contributed by atoms with Crippen molar-refractivity contribution in [2.24, 2.45) is 5.92 Å². The van der Waals surface area contributed by atoms with E-state index < -0.39 is 7.60 Å². The Kier molecular flexibility index (Phi) is 7.50. The molecule has 20 heavy (non-hydrogen) atoms. The fraction of sp³-hybridized carbons (Fsp3) is 0.625. The number of hydrogen-bond donors (Lipinski definition) is 0. The Balaban J connectivity index is 3.10. The first-order valence-corrected chi connectivity index (χ1v) is 9.12. The number of hydrogen-bond acceptors (Lipinski definition) is 3. The van der Waals surface area contributed by atoms with Crippen LogP contribution >= 0.6 is 7.60 Å². The van der Waals surface area contributed by atoms with Crippen LogP contribution in [0.2, 0.25) is 0 Å². The van der Waals surface area contributed by atoms with Crippen LogP contribution in [0.5, 0.6) is 0 Å². The highest BCUT2D eigenvalue weighted by Gasteiger charge is 2.37. The van der Waals surface area contributed by atoms with Crippen molar-refractivity contribution in [3.05, 3.63) is 35.9 Å². The molecule has 2 unspecified atom stereocenters. The fourth-order valence-corrected chi connectivity index (χ4v) is 4.56. The minimum absolute atomic E-state index is 0.182. The van der Waals surface area contributed by atoms with Gasteiger partial charge in [0.15, 0.2) is 0 Å². The first-order valence-electron chi connectivity index (χ1n) is 7.51. The molecule has 0 aliphatic carbocycles. The maximum atomic E-state index is 13.1. The van der Waals surface area contributed by atoms with Crippen LogP contribution < -0.4 is 0 Å². The highest BCUT2D eigenvalue weighted by Crippen LogP contribution is 2.63. The van der Waals surface area contributed by atoms with Gasteiger partial charge >= 0.3 is 7.60 Å². The molecule has 0 heterocycles. The van der Waals surface area contributed by atoms with E-state index in [4.69, 9.17) is 9.05 Å². The molecule has 0 spiro atoms. The Morgan fingerprint density at radius 2 is 1.60 bits per heavy atom.